The van der Waals surface area contributed by atoms with Crippen LogP contribution in [0.5, 0.6) is 0 Å². The van der Waals surface area contributed by atoms with E-state index in [2.05, 4.69) is 25.5 Å². The van der Waals surface area contributed by atoms with Gasteiger partial charge in [-0.3, -0.25) is 4.90 Å². The topological polar surface area (TPSA) is 3.24 Å². The summed E-state index contributed by atoms with van der Waals surface area (Å²) in [6.07, 6.45) is 5.72. The maximum Gasteiger partial charge on any atom is 0.0330 e. The second-order valence-electron chi connectivity index (χ2n) is 4.53. The summed E-state index contributed by atoms with van der Waals surface area (Å²) in [6, 6.07) is 1.55. The van der Waals surface area contributed by atoms with Gasteiger partial charge in [-0.2, -0.15) is 0 Å². The van der Waals surface area contributed by atoms with Crippen molar-refractivity contribution in [1.82, 2.24) is 4.90 Å². The summed E-state index contributed by atoms with van der Waals surface area (Å²) in [5.74, 6) is 0.914. The lowest BCUT2D eigenvalue weighted by atomic mass is 9.73. The number of fused-ring (bicyclic) bond motifs is 3. The quantitative estimate of drug-likeness (QED) is 0.539. The van der Waals surface area contributed by atoms with E-state index in [1.54, 1.807) is 0 Å². The second kappa shape index (κ2) is 2.88. The molecule has 1 aliphatic carbocycles. The van der Waals surface area contributed by atoms with E-state index in [0.717, 1.165) is 12.0 Å². The van der Waals surface area contributed by atoms with Gasteiger partial charge in [-0.25, -0.2) is 0 Å². The maximum absolute atomic E-state index is 4.11. The van der Waals surface area contributed by atoms with Gasteiger partial charge in [-0.15, -0.1) is 0 Å². The summed E-state index contributed by atoms with van der Waals surface area (Å²) in [5.41, 5.74) is 1.37. The van der Waals surface area contributed by atoms with Crippen LogP contribution in [-0.2, 0) is 0 Å². The number of hydrogen-bond acceptors (Lipinski definition) is 1. The molecule has 12 heavy (non-hydrogen) atoms. The molecule has 0 radical (unpaired) electrons. The molecule has 0 spiro atoms. The lowest BCUT2D eigenvalue weighted by Crippen LogP contribution is -2.53. The lowest BCUT2D eigenvalue weighted by Gasteiger charge is -2.50. The van der Waals surface area contributed by atoms with E-state index in [0.29, 0.717) is 6.04 Å². The molecule has 0 aromatic carbocycles. The van der Waals surface area contributed by atoms with Crippen LogP contribution in [0, 0.1) is 5.92 Å². The zero-order valence-corrected chi connectivity index (χ0v) is 8.21. The zero-order valence-electron chi connectivity index (χ0n) is 8.21. The molecule has 68 valence electrons. The largest absolute Gasteiger partial charge is 0.296 e. The molecule has 2 heterocycles. The summed E-state index contributed by atoms with van der Waals surface area (Å²) in [6.45, 7) is 6.29. The van der Waals surface area contributed by atoms with Crippen LogP contribution in [0.25, 0.3) is 0 Å². The molecule has 3 fully saturated rings. The van der Waals surface area contributed by atoms with Crippen LogP contribution in [0.3, 0.4) is 0 Å². The van der Waals surface area contributed by atoms with Gasteiger partial charge in [0.1, 0.15) is 0 Å². The molecule has 1 nitrogen and oxygen atoms in total. The molecule has 2 saturated heterocycles. The van der Waals surface area contributed by atoms with E-state index in [9.17, 15) is 0 Å². The Labute approximate surface area is 75.4 Å². The first-order valence-electron chi connectivity index (χ1n) is 5.07. The van der Waals surface area contributed by atoms with Gasteiger partial charge in [0, 0.05) is 12.1 Å². The highest BCUT2D eigenvalue weighted by molar-refractivity contribution is 5.10. The Morgan fingerprint density at radius 3 is 2.17 bits per heavy atom. The van der Waals surface area contributed by atoms with Gasteiger partial charge in [0.25, 0.3) is 0 Å². The van der Waals surface area contributed by atoms with Gasteiger partial charge in [0.2, 0.25) is 0 Å². The molecule has 1 atom stereocenters. The molecule has 3 rings (SSSR count). The van der Waals surface area contributed by atoms with E-state index in [1.807, 2.05) is 0 Å². The van der Waals surface area contributed by atoms with Crippen LogP contribution in [0.2, 0.25) is 0 Å². The maximum atomic E-state index is 4.11. The van der Waals surface area contributed by atoms with Gasteiger partial charge in [-0.05, 0) is 45.6 Å². The summed E-state index contributed by atoms with van der Waals surface area (Å²) in [4.78, 5) is 2.56. The first kappa shape index (κ1) is 8.31. The third kappa shape index (κ3) is 1.11. The van der Waals surface area contributed by atoms with Crippen molar-refractivity contribution in [2.75, 3.05) is 7.05 Å². The highest BCUT2D eigenvalue weighted by Gasteiger charge is 2.39. The van der Waals surface area contributed by atoms with Crippen molar-refractivity contribution in [3.05, 3.63) is 12.2 Å². The van der Waals surface area contributed by atoms with Crippen molar-refractivity contribution >= 4 is 0 Å². The minimum absolute atomic E-state index is 0.692. The van der Waals surface area contributed by atoms with Crippen molar-refractivity contribution in [3.63, 3.8) is 0 Å². The first-order chi connectivity index (χ1) is 5.70. The lowest BCUT2D eigenvalue weighted by molar-refractivity contribution is 0.0275. The summed E-state index contributed by atoms with van der Waals surface area (Å²) < 4.78 is 0. The fraction of sp³-hybridized carbons (Fsp3) is 0.818. The monoisotopic (exact) mass is 165 g/mol. The molecule has 2 aliphatic heterocycles. The number of likely N-dealkylation sites (N-methyl/N-ethyl adjacent to an activating group) is 1. The molecule has 0 amide bonds. The van der Waals surface area contributed by atoms with Crippen molar-refractivity contribution < 1.29 is 0 Å². The zero-order chi connectivity index (χ0) is 8.72. The van der Waals surface area contributed by atoms with Gasteiger partial charge in [0.15, 0.2) is 0 Å². The van der Waals surface area contributed by atoms with Crippen LogP contribution >= 0.6 is 0 Å². The molecular formula is C11H19N. The normalized spacial score (nSPS) is 41.7. The van der Waals surface area contributed by atoms with E-state index in [-0.39, 0.29) is 0 Å². The molecule has 0 aromatic rings. The third-order valence-electron chi connectivity index (χ3n) is 3.71. The van der Waals surface area contributed by atoms with Gasteiger partial charge < -0.3 is 0 Å². The fourth-order valence-electron chi connectivity index (χ4n) is 3.13. The first-order valence-corrected chi connectivity index (χ1v) is 5.07. The molecular weight excluding hydrogens is 146 g/mol. The molecule has 2 bridgehead atoms. The predicted molar refractivity (Wildman–Crippen MR) is 52.1 cm³/mol. The predicted octanol–water partition coefficient (Wildman–Crippen LogP) is 2.44. The van der Waals surface area contributed by atoms with Crippen molar-refractivity contribution in [2.45, 2.75) is 44.7 Å². The third-order valence-corrected chi connectivity index (χ3v) is 3.71. The Kier molecular flexibility index (Phi) is 1.99. The molecule has 0 N–H and O–H groups in total. The molecule has 1 unspecified atom stereocenters. The molecule has 1 heteroatoms. The van der Waals surface area contributed by atoms with Gasteiger partial charge in [0.05, 0.1) is 0 Å². The fourth-order valence-corrected chi connectivity index (χ4v) is 3.13. The Morgan fingerprint density at radius 2 is 1.83 bits per heavy atom. The highest BCUT2D eigenvalue weighted by Crippen LogP contribution is 2.40. The summed E-state index contributed by atoms with van der Waals surface area (Å²) >= 11 is 0. The molecule has 3 aliphatic rings. The van der Waals surface area contributed by atoms with Crippen LogP contribution < -0.4 is 0 Å². The SMILES string of the molecule is C=C(C)C1C2CCC(CC2)N1C. The second-order valence-corrected chi connectivity index (χ2v) is 4.53. The number of hydrogen-bond donors (Lipinski definition) is 0. The Morgan fingerprint density at radius 1 is 1.25 bits per heavy atom. The average molecular weight is 165 g/mol. The van der Waals surface area contributed by atoms with E-state index in [1.165, 1.54) is 31.3 Å². The molecule has 1 saturated carbocycles. The van der Waals surface area contributed by atoms with E-state index < -0.39 is 0 Å². The van der Waals surface area contributed by atoms with Gasteiger partial charge >= 0.3 is 0 Å². The summed E-state index contributed by atoms with van der Waals surface area (Å²) in [5, 5.41) is 0. The Balaban J connectivity index is 2.18. The van der Waals surface area contributed by atoms with Crippen LogP contribution in [-0.4, -0.2) is 24.0 Å². The van der Waals surface area contributed by atoms with Crippen LogP contribution in [0.15, 0.2) is 12.2 Å². The Bertz CT molecular complexity index is 187. The average Bonchev–Trinajstić information content (AvgIpc) is 2.05. The minimum Gasteiger partial charge on any atom is -0.296 e. The highest BCUT2D eigenvalue weighted by atomic mass is 15.2. The number of piperidine rings is 2. The number of rotatable bonds is 1. The van der Waals surface area contributed by atoms with Crippen molar-refractivity contribution in [3.8, 4) is 0 Å². The van der Waals surface area contributed by atoms with Crippen LogP contribution in [0.4, 0.5) is 0 Å². The van der Waals surface area contributed by atoms with Crippen molar-refractivity contribution in [1.29, 1.82) is 0 Å². The minimum atomic E-state index is 0.692. The van der Waals surface area contributed by atoms with Crippen molar-refractivity contribution in [2.24, 2.45) is 5.92 Å². The molecule has 0 aromatic heterocycles. The van der Waals surface area contributed by atoms with E-state index in [4.69, 9.17) is 0 Å². The number of nitrogens with zero attached hydrogens (tertiary/aromatic N) is 1. The van der Waals surface area contributed by atoms with Crippen LogP contribution in [0.1, 0.15) is 32.6 Å². The van der Waals surface area contributed by atoms with E-state index >= 15 is 0 Å². The Hall–Kier alpha value is -0.300. The summed E-state index contributed by atoms with van der Waals surface area (Å²) in [7, 11) is 2.27. The smallest absolute Gasteiger partial charge is 0.0330 e. The van der Waals surface area contributed by atoms with Gasteiger partial charge in [-0.1, -0.05) is 12.2 Å². The standard InChI is InChI=1S/C11H19N/c1-8(2)11-9-4-6-10(7-5-9)12(11)3/h9-11H,1,4-7H2,2-3H3.